The lowest BCUT2D eigenvalue weighted by molar-refractivity contribution is -0.136. The van der Waals surface area contributed by atoms with E-state index in [9.17, 15) is 18.0 Å². The van der Waals surface area contributed by atoms with E-state index in [1.807, 2.05) is 4.90 Å². The van der Waals surface area contributed by atoms with Gasteiger partial charge in [0, 0.05) is 30.9 Å². The van der Waals surface area contributed by atoms with E-state index in [0.717, 1.165) is 18.9 Å². The zero-order chi connectivity index (χ0) is 15.6. The molecule has 1 aliphatic heterocycles. The third kappa shape index (κ3) is 3.80. The first-order valence-corrected chi connectivity index (χ1v) is 6.77. The van der Waals surface area contributed by atoms with E-state index in [1.165, 1.54) is 6.07 Å². The summed E-state index contributed by atoms with van der Waals surface area (Å²) in [4.78, 5) is 12.8. The van der Waals surface area contributed by atoms with Crippen molar-refractivity contribution in [2.45, 2.75) is 25.4 Å². The van der Waals surface area contributed by atoms with Crippen LogP contribution < -0.4 is 16.4 Å². The Bertz CT molecular complexity index is 523. The predicted molar refractivity (Wildman–Crippen MR) is 74.6 cm³/mol. The zero-order valence-electron chi connectivity index (χ0n) is 11.5. The molecule has 0 saturated carbocycles. The normalized spacial score (nSPS) is 17.0. The topological polar surface area (TPSA) is 72.4 Å². The number of nitrogen functional groups attached to an aromatic ring is 1. The van der Waals surface area contributed by atoms with Gasteiger partial charge in [-0.15, -0.1) is 0 Å². The lowest BCUT2D eigenvalue weighted by Crippen LogP contribution is -2.35. The molecule has 1 amide bonds. The molecule has 21 heavy (non-hydrogen) atoms. The molecule has 4 nitrogen and oxygen atoms in total. The third-order valence-electron chi connectivity index (χ3n) is 3.81. The van der Waals surface area contributed by atoms with Crippen molar-refractivity contribution < 1.29 is 18.0 Å². The van der Waals surface area contributed by atoms with Gasteiger partial charge in [-0.25, -0.2) is 0 Å². The molecule has 1 saturated heterocycles. The van der Waals surface area contributed by atoms with Gasteiger partial charge in [0.15, 0.2) is 0 Å². The van der Waals surface area contributed by atoms with Crippen molar-refractivity contribution in [2.75, 3.05) is 23.7 Å². The van der Waals surface area contributed by atoms with Crippen LogP contribution >= 0.6 is 0 Å². The molecule has 4 N–H and O–H groups in total. The molecule has 1 fully saturated rings. The number of nitrogens with two attached hydrogens (primary N) is 2. The molecule has 0 aliphatic carbocycles. The quantitative estimate of drug-likeness (QED) is 0.842. The Morgan fingerprint density at radius 1 is 1.29 bits per heavy atom. The van der Waals surface area contributed by atoms with E-state index in [2.05, 4.69) is 0 Å². The minimum absolute atomic E-state index is 0.217. The first-order valence-electron chi connectivity index (χ1n) is 6.77. The monoisotopic (exact) mass is 301 g/mol. The first kappa shape index (κ1) is 15.5. The number of anilines is 2. The van der Waals surface area contributed by atoms with E-state index in [1.54, 1.807) is 6.07 Å². The molecule has 1 aromatic carbocycles. The Kier molecular flexibility index (Phi) is 4.29. The summed E-state index contributed by atoms with van der Waals surface area (Å²) in [6.45, 7) is 1.22. The molecule has 1 heterocycles. The largest absolute Gasteiger partial charge is 0.418 e. The van der Waals surface area contributed by atoms with Gasteiger partial charge in [-0.3, -0.25) is 4.79 Å². The van der Waals surface area contributed by atoms with Crippen molar-refractivity contribution in [3.05, 3.63) is 23.8 Å². The summed E-state index contributed by atoms with van der Waals surface area (Å²) in [5, 5.41) is 0. The Balaban J connectivity index is 2.09. The maximum absolute atomic E-state index is 12.9. The molecule has 0 atom stereocenters. The van der Waals surface area contributed by atoms with Crippen LogP contribution in [0.2, 0.25) is 0 Å². The van der Waals surface area contributed by atoms with Gasteiger partial charge < -0.3 is 16.4 Å². The highest BCUT2D eigenvalue weighted by Crippen LogP contribution is 2.36. The molecule has 0 bridgehead atoms. The molecule has 2 rings (SSSR count). The van der Waals surface area contributed by atoms with Gasteiger partial charge in [-0.2, -0.15) is 13.2 Å². The third-order valence-corrected chi connectivity index (χ3v) is 3.81. The lowest BCUT2D eigenvalue weighted by atomic mass is 9.93. The number of nitrogens with zero attached hydrogens (tertiary/aromatic N) is 1. The smallest absolute Gasteiger partial charge is 0.398 e. The van der Waals surface area contributed by atoms with Crippen molar-refractivity contribution in [2.24, 2.45) is 11.7 Å². The Hall–Kier alpha value is -1.92. The van der Waals surface area contributed by atoms with Crippen molar-refractivity contribution >= 4 is 17.3 Å². The first-order chi connectivity index (χ1) is 9.77. The van der Waals surface area contributed by atoms with Crippen LogP contribution in [0.15, 0.2) is 18.2 Å². The molecule has 1 aliphatic rings. The molecule has 0 unspecified atom stereocenters. The molecular formula is C14H18F3N3O. The Labute approximate surface area is 120 Å². The Morgan fingerprint density at radius 3 is 2.43 bits per heavy atom. The summed E-state index contributed by atoms with van der Waals surface area (Å²) in [5.41, 5.74) is 9.99. The second-order valence-corrected chi connectivity index (χ2v) is 5.37. The van der Waals surface area contributed by atoms with Crippen LogP contribution in [0.5, 0.6) is 0 Å². The van der Waals surface area contributed by atoms with Gasteiger partial charge in [0.2, 0.25) is 5.91 Å². The number of benzene rings is 1. The van der Waals surface area contributed by atoms with Crippen LogP contribution in [0, 0.1) is 5.92 Å². The molecule has 116 valence electrons. The fourth-order valence-electron chi connectivity index (χ4n) is 2.67. The SMILES string of the molecule is NC(=O)CC1CCN(c2ccc(N)c(C(F)(F)F)c2)CC1. The summed E-state index contributed by atoms with van der Waals surface area (Å²) < 4.78 is 38.6. The van der Waals surface area contributed by atoms with Gasteiger partial charge in [-0.05, 0) is 37.0 Å². The minimum atomic E-state index is -4.45. The number of alkyl halides is 3. The van der Waals surface area contributed by atoms with E-state index < -0.39 is 11.7 Å². The summed E-state index contributed by atoms with van der Waals surface area (Å²) in [6.07, 6.45) is -2.63. The van der Waals surface area contributed by atoms with Crippen molar-refractivity contribution in [3.63, 3.8) is 0 Å². The Morgan fingerprint density at radius 2 is 1.90 bits per heavy atom. The van der Waals surface area contributed by atoms with E-state index in [0.29, 0.717) is 25.2 Å². The fraction of sp³-hybridized carbons (Fsp3) is 0.500. The summed E-state index contributed by atoms with van der Waals surface area (Å²) in [6, 6.07) is 3.97. The summed E-state index contributed by atoms with van der Waals surface area (Å²) >= 11 is 0. The highest BCUT2D eigenvalue weighted by Gasteiger charge is 2.33. The van der Waals surface area contributed by atoms with Crippen LogP contribution in [0.4, 0.5) is 24.5 Å². The molecule has 7 heteroatoms. The number of rotatable bonds is 3. The van der Waals surface area contributed by atoms with Gasteiger partial charge >= 0.3 is 6.18 Å². The van der Waals surface area contributed by atoms with Crippen LogP contribution in [-0.2, 0) is 11.0 Å². The summed E-state index contributed by atoms with van der Waals surface area (Å²) in [7, 11) is 0. The number of piperidine rings is 1. The van der Waals surface area contributed by atoms with Gasteiger partial charge in [0.1, 0.15) is 0 Å². The average molecular weight is 301 g/mol. The number of primary amides is 1. The number of carbonyl (C=O) groups excluding carboxylic acids is 1. The number of amides is 1. The van der Waals surface area contributed by atoms with E-state index >= 15 is 0 Å². The van der Waals surface area contributed by atoms with Crippen LogP contribution in [0.1, 0.15) is 24.8 Å². The van der Waals surface area contributed by atoms with Crippen molar-refractivity contribution in [1.29, 1.82) is 0 Å². The minimum Gasteiger partial charge on any atom is -0.398 e. The maximum atomic E-state index is 12.9. The standard InChI is InChI=1S/C14H18F3N3O/c15-14(16,17)11-8-10(1-2-12(11)18)20-5-3-9(4-6-20)7-13(19)21/h1-2,8-9H,3-7,18H2,(H2,19,21). The molecular weight excluding hydrogens is 283 g/mol. The van der Waals surface area contributed by atoms with Crippen molar-refractivity contribution in [1.82, 2.24) is 0 Å². The van der Waals surface area contributed by atoms with Gasteiger partial charge in [0.25, 0.3) is 0 Å². The second-order valence-electron chi connectivity index (χ2n) is 5.37. The fourth-order valence-corrected chi connectivity index (χ4v) is 2.67. The van der Waals surface area contributed by atoms with Crippen LogP contribution in [0.25, 0.3) is 0 Å². The lowest BCUT2D eigenvalue weighted by Gasteiger charge is -2.33. The molecule has 1 aromatic rings. The molecule has 0 spiro atoms. The van der Waals surface area contributed by atoms with Crippen molar-refractivity contribution in [3.8, 4) is 0 Å². The number of hydrogen-bond acceptors (Lipinski definition) is 3. The predicted octanol–water partition coefficient (Wildman–Crippen LogP) is 2.38. The maximum Gasteiger partial charge on any atom is 0.418 e. The van der Waals surface area contributed by atoms with Gasteiger partial charge in [-0.1, -0.05) is 0 Å². The number of carbonyl (C=O) groups is 1. The number of halogens is 3. The second kappa shape index (κ2) is 5.83. The average Bonchev–Trinajstić information content (AvgIpc) is 2.38. The zero-order valence-corrected chi connectivity index (χ0v) is 11.5. The highest BCUT2D eigenvalue weighted by molar-refractivity contribution is 5.74. The van der Waals surface area contributed by atoms with E-state index in [4.69, 9.17) is 11.5 Å². The number of hydrogen-bond donors (Lipinski definition) is 2. The van der Waals surface area contributed by atoms with E-state index in [-0.39, 0.29) is 17.5 Å². The van der Waals surface area contributed by atoms with Gasteiger partial charge in [0.05, 0.1) is 5.56 Å². The highest BCUT2D eigenvalue weighted by atomic mass is 19.4. The van der Waals surface area contributed by atoms with Crippen LogP contribution in [0.3, 0.4) is 0 Å². The summed E-state index contributed by atoms with van der Waals surface area (Å²) in [5.74, 6) is -0.116. The van der Waals surface area contributed by atoms with Crippen LogP contribution in [-0.4, -0.2) is 19.0 Å². The molecule has 0 aromatic heterocycles. The molecule has 0 radical (unpaired) electrons.